The number of carbonyl (C=O) groups is 1. The molecule has 33 heavy (non-hydrogen) atoms. The van der Waals surface area contributed by atoms with E-state index in [9.17, 15) is 9.59 Å². The Morgan fingerprint density at radius 1 is 1.00 bits per heavy atom. The molecular formula is C25H28N4O4. The highest BCUT2D eigenvalue weighted by atomic mass is 16.5. The summed E-state index contributed by atoms with van der Waals surface area (Å²) in [7, 11) is 0. The smallest absolute Gasteiger partial charge is 0.364 e. The van der Waals surface area contributed by atoms with E-state index < -0.39 is 5.97 Å². The zero-order valence-electron chi connectivity index (χ0n) is 18.7. The fraction of sp³-hybridized carbons (Fsp3) is 0.400. The van der Waals surface area contributed by atoms with E-state index in [1.165, 1.54) is 4.68 Å². The van der Waals surface area contributed by atoms with Crippen LogP contribution in [0.25, 0.3) is 22.5 Å². The number of carboxylic acid groups (broad SMARTS) is 1. The highest BCUT2D eigenvalue weighted by Gasteiger charge is 2.23. The fourth-order valence-corrected chi connectivity index (χ4v) is 4.29. The molecule has 0 unspecified atom stereocenters. The van der Waals surface area contributed by atoms with Crippen molar-refractivity contribution in [3.63, 3.8) is 0 Å². The molecule has 0 bridgehead atoms. The van der Waals surface area contributed by atoms with Crippen molar-refractivity contribution in [3.8, 4) is 22.5 Å². The van der Waals surface area contributed by atoms with Gasteiger partial charge >= 0.3 is 11.7 Å². The van der Waals surface area contributed by atoms with Crippen LogP contribution in [0.3, 0.4) is 0 Å². The first-order valence-electron chi connectivity index (χ1n) is 11.3. The lowest BCUT2D eigenvalue weighted by atomic mass is 9.82. The molecule has 3 aromatic rings. The van der Waals surface area contributed by atoms with Crippen LogP contribution < -0.4 is 5.69 Å². The molecule has 172 valence electrons. The largest absolute Gasteiger partial charge is 0.480 e. The number of aliphatic carboxylic acids is 1. The van der Waals surface area contributed by atoms with Crippen molar-refractivity contribution in [2.24, 2.45) is 11.8 Å². The maximum atomic E-state index is 12.9. The molecule has 0 aliphatic heterocycles. The van der Waals surface area contributed by atoms with Gasteiger partial charge in [-0.05, 0) is 56.6 Å². The van der Waals surface area contributed by atoms with Crippen molar-refractivity contribution in [1.29, 1.82) is 0 Å². The molecule has 4 rings (SSSR count). The van der Waals surface area contributed by atoms with Crippen LogP contribution in [-0.2, 0) is 16.1 Å². The van der Waals surface area contributed by atoms with Crippen molar-refractivity contribution < 1.29 is 14.6 Å². The van der Waals surface area contributed by atoms with E-state index in [0.717, 1.165) is 42.4 Å². The van der Waals surface area contributed by atoms with Gasteiger partial charge in [-0.15, -0.1) is 0 Å². The number of aryl methyl sites for hydroxylation is 1. The third-order valence-corrected chi connectivity index (χ3v) is 6.13. The lowest BCUT2D eigenvalue weighted by molar-refractivity contribution is -0.142. The molecule has 1 aliphatic carbocycles. The van der Waals surface area contributed by atoms with Crippen LogP contribution in [0.15, 0.2) is 53.6 Å². The van der Waals surface area contributed by atoms with Gasteiger partial charge in [0, 0.05) is 30.1 Å². The number of pyridine rings is 1. The Kier molecular flexibility index (Phi) is 7.24. The van der Waals surface area contributed by atoms with E-state index in [2.05, 4.69) is 9.97 Å². The van der Waals surface area contributed by atoms with Crippen molar-refractivity contribution in [2.75, 3.05) is 13.2 Å². The van der Waals surface area contributed by atoms with Gasteiger partial charge in [-0.3, -0.25) is 4.98 Å². The first kappa shape index (κ1) is 22.8. The van der Waals surface area contributed by atoms with Crippen LogP contribution in [0.5, 0.6) is 0 Å². The Hall–Kier alpha value is -3.39. The lowest BCUT2D eigenvalue weighted by Gasteiger charge is -2.28. The number of rotatable bonds is 8. The molecular weight excluding hydrogens is 420 g/mol. The molecule has 0 atom stereocenters. The average molecular weight is 449 g/mol. The van der Waals surface area contributed by atoms with Gasteiger partial charge in [0.1, 0.15) is 18.0 Å². The second-order valence-electron chi connectivity index (χ2n) is 8.67. The molecule has 2 heterocycles. The van der Waals surface area contributed by atoms with Gasteiger partial charge < -0.3 is 9.84 Å². The first-order chi connectivity index (χ1) is 16.0. The molecule has 1 N–H and O–H groups in total. The van der Waals surface area contributed by atoms with Crippen LogP contribution in [-0.4, -0.2) is 44.0 Å². The molecule has 0 radical (unpaired) electrons. The monoisotopic (exact) mass is 448 g/mol. The molecule has 1 aromatic carbocycles. The number of hydrogen-bond donors (Lipinski definition) is 1. The molecule has 2 aromatic heterocycles. The number of aromatic nitrogens is 4. The number of nitrogens with zero attached hydrogens (tertiary/aromatic N) is 4. The Morgan fingerprint density at radius 3 is 2.30 bits per heavy atom. The number of benzene rings is 1. The quantitative estimate of drug-likeness (QED) is 0.561. The summed E-state index contributed by atoms with van der Waals surface area (Å²) in [5.74, 6) is -0.257. The van der Waals surface area contributed by atoms with Crippen LogP contribution in [0, 0.1) is 18.8 Å². The minimum atomic E-state index is -0.943. The van der Waals surface area contributed by atoms with Crippen LogP contribution in [0.1, 0.15) is 31.2 Å². The average Bonchev–Trinajstić information content (AvgIpc) is 2.82. The van der Waals surface area contributed by atoms with Crippen molar-refractivity contribution in [1.82, 2.24) is 19.7 Å². The second kappa shape index (κ2) is 10.5. The summed E-state index contributed by atoms with van der Waals surface area (Å²) in [5.41, 5.74) is 3.74. The molecule has 8 heteroatoms. The molecule has 1 fully saturated rings. The highest BCUT2D eigenvalue weighted by Crippen LogP contribution is 2.31. The Balaban J connectivity index is 1.54. The number of hydrogen-bond acceptors (Lipinski definition) is 6. The summed E-state index contributed by atoms with van der Waals surface area (Å²) >= 11 is 0. The maximum absolute atomic E-state index is 12.9. The fourth-order valence-electron chi connectivity index (χ4n) is 4.29. The van der Waals surface area contributed by atoms with Crippen LogP contribution in [0.2, 0.25) is 0 Å². The normalized spacial score (nSPS) is 18.2. The maximum Gasteiger partial charge on any atom is 0.364 e. The summed E-state index contributed by atoms with van der Waals surface area (Å²) in [4.78, 5) is 32.0. The van der Waals surface area contributed by atoms with E-state index in [4.69, 9.17) is 14.9 Å². The van der Waals surface area contributed by atoms with Crippen molar-refractivity contribution in [3.05, 3.63) is 64.8 Å². The van der Waals surface area contributed by atoms with E-state index in [0.29, 0.717) is 36.4 Å². The molecule has 1 aliphatic rings. The van der Waals surface area contributed by atoms with Gasteiger partial charge in [-0.25, -0.2) is 14.3 Å². The van der Waals surface area contributed by atoms with Gasteiger partial charge in [0.25, 0.3) is 0 Å². The number of carboxylic acids is 1. The minimum Gasteiger partial charge on any atom is -0.480 e. The van der Waals surface area contributed by atoms with Gasteiger partial charge in [-0.1, -0.05) is 29.8 Å². The standard InChI is InChI=1S/C25H28N4O4/c1-17-2-8-20(9-3-17)24-23(21-10-12-26-13-11-21)27-25(32)29(28-24)14-18-4-6-19(7-5-18)15-33-16-22(30)31/h2-3,8-13,18-19H,4-7,14-16H2,1H3,(H,30,31)/t18-,19-. The summed E-state index contributed by atoms with van der Waals surface area (Å²) in [5, 5.41) is 13.5. The predicted octanol–water partition coefficient (Wildman–Crippen LogP) is 3.58. The zero-order valence-corrected chi connectivity index (χ0v) is 18.7. The third-order valence-electron chi connectivity index (χ3n) is 6.13. The van der Waals surface area contributed by atoms with Gasteiger partial charge in [0.2, 0.25) is 0 Å². The Bertz CT molecular complexity index is 1140. The first-order valence-corrected chi connectivity index (χ1v) is 11.3. The summed E-state index contributed by atoms with van der Waals surface area (Å²) in [6.45, 7) is 2.76. The van der Waals surface area contributed by atoms with Gasteiger partial charge in [0.05, 0.1) is 6.61 Å². The summed E-state index contributed by atoms with van der Waals surface area (Å²) in [6, 6.07) is 11.7. The Labute approximate surface area is 192 Å². The molecule has 0 saturated heterocycles. The zero-order chi connectivity index (χ0) is 23.2. The summed E-state index contributed by atoms with van der Waals surface area (Å²) < 4.78 is 6.75. The molecule has 1 saturated carbocycles. The molecule has 8 nitrogen and oxygen atoms in total. The second-order valence-corrected chi connectivity index (χ2v) is 8.67. The van der Waals surface area contributed by atoms with Gasteiger partial charge in [-0.2, -0.15) is 10.1 Å². The lowest BCUT2D eigenvalue weighted by Crippen LogP contribution is -2.31. The molecule has 0 spiro atoms. The topological polar surface area (TPSA) is 107 Å². The minimum absolute atomic E-state index is 0.253. The molecule has 0 amide bonds. The van der Waals surface area contributed by atoms with E-state index in [-0.39, 0.29) is 12.3 Å². The van der Waals surface area contributed by atoms with E-state index in [1.54, 1.807) is 12.4 Å². The van der Waals surface area contributed by atoms with Gasteiger partial charge in [0.15, 0.2) is 0 Å². The van der Waals surface area contributed by atoms with Crippen LogP contribution in [0.4, 0.5) is 0 Å². The van der Waals surface area contributed by atoms with Crippen molar-refractivity contribution >= 4 is 5.97 Å². The van der Waals surface area contributed by atoms with E-state index in [1.807, 2.05) is 43.3 Å². The Morgan fingerprint density at radius 2 is 1.64 bits per heavy atom. The SMILES string of the molecule is Cc1ccc(-c2nn(C[C@H]3CC[C@H](COCC(=O)O)CC3)c(=O)nc2-c2ccncc2)cc1. The number of ether oxygens (including phenoxy) is 1. The van der Waals surface area contributed by atoms with Crippen molar-refractivity contribution in [2.45, 2.75) is 39.2 Å². The third kappa shape index (κ3) is 5.90. The van der Waals surface area contributed by atoms with Crippen LogP contribution >= 0.6 is 0 Å². The highest BCUT2D eigenvalue weighted by molar-refractivity contribution is 5.77. The predicted molar refractivity (Wildman–Crippen MR) is 124 cm³/mol. The van der Waals surface area contributed by atoms with E-state index >= 15 is 0 Å². The summed E-state index contributed by atoms with van der Waals surface area (Å²) in [6.07, 6.45) is 7.15.